The first-order valence-corrected chi connectivity index (χ1v) is 9.61. The molecule has 156 valence electrons. The largest absolute Gasteiger partial charge is 0.490 e. The Balaban J connectivity index is 1.27. The van der Waals surface area contributed by atoms with Crippen LogP contribution in [0.2, 0.25) is 0 Å². The topological polar surface area (TPSA) is 92.3 Å². The fourth-order valence-corrected chi connectivity index (χ4v) is 2.95. The van der Waals surface area contributed by atoms with Crippen molar-refractivity contribution < 1.29 is 33.3 Å². The summed E-state index contributed by atoms with van der Waals surface area (Å²) in [7, 11) is 0. The SMILES string of the molecule is O=C(COC(=O)/C=C/c1ccc2c(c1)OCCO2)Nc1ccc2c(c1)OCCCO2. The number of esters is 1. The molecule has 8 nitrogen and oxygen atoms in total. The Hall–Kier alpha value is -3.68. The van der Waals surface area contributed by atoms with E-state index in [1.807, 2.05) is 0 Å². The van der Waals surface area contributed by atoms with Gasteiger partial charge in [0.1, 0.15) is 13.2 Å². The van der Waals surface area contributed by atoms with Crippen molar-refractivity contribution in [1.82, 2.24) is 0 Å². The summed E-state index contributed by atoms with van der Waals surface area (Å²) < 4.78 is 27.1. The molecule has 1 amide bonds. The molecule has 0 aliphatic carbocycles. The van der Waals surface area contributed by atoms with Gasteiger partial charge in [-0.1, -0.05) is 6.07 Å². The van der Waals surface area contributed by atoms with E-state index in [1.54, 1.807) is 42.5 Å². The molecule has 0 radical (unpaired) electrons. The van der Waals surface area contributed by atoms with Gasteiger partial charge in [-0.25, -0.2) is 4.79 Å². The van der Waals surface area contributed by atoms with Crippen LogP contribution in [-0.4, -0.2) is 44.9 Å². The number of nitrogens with one attached hydrogen (secondary N) is 1. The van der Waals surface area contributed by atoms with E-state index in [9.17, 15) is 9.59 Å². The minimum absolute atomic E-state index is 0.404. The molecule has 0 unspecified atom stereocenters. The van der Waals surface area contributed by atoms with Gasteiger partial charge in [-0.05, 0) is 35.9 Å². The smallest absolute Gasteiger partial charge is 0.331 e. The molecule has 2 heterocycles. The molecule has 2 aromatic carbocycles. The summed E-state index contributed by atoms with van der Waals surface area (Å²) >= 11 is 0. The van der Waals surface area contributed by atoms with E-state index in [-0.39, 0.29) is 0 Å². The summed E-state index contributed by atoms with van der Waals surface area (Å²) in [5, 5.41) is 2.67. The summed E-state index contributed by atoms with van der Waals surface area (Å²) in [5.41, 5.74) is 1.29. The van der Waals surface area contributed by atoms with Crippen LogP contribution in [0.5, 0.6) is 23.0 Å². The van der Waals surface area contributed by atoms with Crippen molar-refractivity contribution in [3.05, 3.63) is 48.0 Å². The number of carbonyl (C=O) groups is 2. The molecule has 30 heavy (non-hydrogen) atoms. The van der Waals surface area contributed by atoms with Crippen LogP contribution < -0.4 is 24.3 Å². The molecule has 2 aliphatic rings. The lowest BCUT2D eigenvalue weighted by Gasteiger charge is -2.18. The van der Waals surface area contributed by atoms with E-state index in [1.165, 1.54) is 6.08 Å². The minimum Gasteiger partial charge on any atom is -0.490 e. The Kier molecular flexibility index (Phi) is 6.03. The molecule has 0 saturated heterocycles. The molecule has 0 bridgehead atoms. The number of fused-ring (bicyclic) bond motifs is 2. The third-order valence-corrected chi connectivity index (χ3v) is 4.35. The first kappa shape index (κ1) is 19.6. The average Bonchev–Trinajstić information content (AvgIpc) is 3.01. The second-order valence-corrected chi connectivity index (χ2v) is 6.60. The molecule has 0 saturated carbocycles. The second-order valence-electron chi connectivity index (χ2n) is 6.60. The molecule has 2 aromatic rings. The van der Waals surface area contributed by atoms with Crippen LogP contribution in [0, 0.1) is 0 Å². The molecular formula is C22H21NO7. The van der Waals surface area contributed by atoms with Crippen molar-refractivity contribution >= 4 is 23.6 Å². The molecule has 0 aromatic heterocycles. The fraction of sp³-hybridized carbons (Fsp3) is 0.273. The summed E-state index contributed by atoms with van der Waals surface area (Å²) in [4.78, 5) is 24.0. The van der Waals surface area contributed by atoms with Crippen molar-refractivity contribution in [2.24, 2.45) is 0 Å². The second kappa shape index (κ2) is 9.21. The van der Waals surface area contributed by atoms with E-state index in [4.69, 9.17) is 23.7 Å². The lowest BCUT2D eigenvalue weighted by molar-refractivity contribution is -0.142. The zero-order valence-corrected chi connectivity index (χ0v) is 16.2. The van der Waals surface area contributed by atoms with Crippen molar-refractivity contribution in [3.8, 4) is 23.0 Å². The van der Waals surface area contributed by atoms with Crippen LogP contribution in [0.15, 0.2) is 42.5 Å². The van der Waals surface area contributed by atoms with Gasteiger partial charge in [-0.2, -0.15) is 0 Å². The molecule has 4 rings (SSSR count). The van der Waals surface area contributed by atoms with Gasteiger partial charge < -0.3 is 29.0 Å². The zero-order valence-electron chi connectivity index (χ0n) is 16.2. The third kappa shape index (κ3) is 5.02. The number of hydrogen-bond donors (Lipinski definition) is 1. The Morgan fingerprint density at radius 1 is 0.867 bits per heavy atom. The molecule has 0 spiro atoms. The third-order valence-electron chi connectivity index (χ3n) is 4.35. The highest BCUT2D eigenvalue weighted by molar-refractivity contribution is 5.94. The highest BCUT2D eigenvalue weighted by Gasteiger charge is 2.13. The first-order chi connectivity index (χ1) is 14.7. The summed E-state index contributed by atoms with van der Waals surface area (Å²) in [6.45, 7) is 1.74. The van der Waals surface area contributed by atoms with Gasteiger partial charge in [0.15, 0.2) is 29.6 Å². The first-order valence-electron chi connectivity index (χ1n) is 9.61. The monoisotopic (exact) mass is 411 g/mol. The summed E-state index contributed by atoms with van der Waals surface area (Å²) in [5.74, 6) is 1.44. The highest BCUT2D eigenvalue weighted by Crippen LogP contribution is 2.32. The van der Waals surface area contributed by atoms with Gasteiger partial charge in [0.25, 0.3) is 5.91 Å². The molecule has 1 N–H and O–H groups in total. The van der Waals surface area contributed by atoms with Crippen molar-refractivity contribution in [2.45, 2.75) is 6.42 Å². The zero-order chi connectivity index (χ0) is 20.8. The number of benzene rings is 2. The number of hydrogen-bond acceptors (Lipinski definition) is 7. The van der Waals surface area contributed by atoms with E-state index in [0.29, 0.717) is 55.1 Å². The van der Waals surface area contributed by atoms with Gasteiger partial charge in [-0.3, -0.25) is 4.79 Å². The Bertz CT molecular complexity index is 970. The van der Waals surface area contributed by atoms with Crippen molar-refractivity contribution in [3.63, 3.8) is 0 Å². The van der Waals surface area contributed by atoms with Crippen LogP contribution in [0.25, 0.3) is 6.08 Å². The van der Waals surface area contributed by atoms with Gasteiger partial charge >= 0.3 is 5.97 Å². The number of anilines is 1. The van der Waals surface area contributed by atoms with Gasteiger partial charge in [0.2, 0.25) is 0 Å². The standard InChI is InChI=1S/C22H21NO7/c24-21(23-16-4-6-18-20(13-16)27-9-1-8-26-18)14-30-22(25)7-3-15-2-5-17-19(12-15)29-11-10-28-17/h2-7,12-13H,1,8-11,14H2,(H,23,24)/b7-3+. The maximum absolute atomic E-state index is 12.1. The predicted octanol–water partition coefficient (Wildman–Crippen LogP) is 2.81. The highest BCUT2D eigenvalue weighted by atomic mass is 16.6. The molecule has 8 heteroatoms. The van der Waals surface area contributed by atoms with Crippen molar-refractivity contribution in [1.29, 1.82) is 0 Å². The Morgan fingerprint density at radius 3 is 2.37 bits per heavy atom. The Labute approximate surface area is 173 Å². The number of amides is 1. The van der Waals surface area contributed by atoms with Crippen LogP contribution in [0.3, 0.4) is 0 Å². The van der Waals surface area contributed by atoms with Gasteiger partial charge in [-0.15, -0.1) is 0 Å². The van der Waals surface area contributed by atoms with Crippen molar-refractivity contribution in [2.75, 3.05) is 38.4 Å². The van der Waals surface area contributed by atoms with Gasteiger partial charge in [0, 0.05) is 24.3 Å². The van der Waals surface area contributed by atoms with E-state index >= 15 is 0 Å². The van der Waals surface area contributed by atoms with Crippen LogP contribution in [-0.2, 0) is 14.3 Å². The molecule has 0 atom stereocenters. The molecule has 0 fully saturated rings. The van der Waals surface area contributed by atoms with E-state index < -0.39 is 18.5 Å². The molecular weight excluding hydrogens is 390 g/mol. The normalized spacial score (nSPS) is 14.7. The minimum atomic E-state index is -0.626. The van der Waals surface area contributed by atoms with Crippen LogP contribution in [0.4, 0.5) is 5.69 Å². The number of carbonyl (C=O) groups excluding carboxylic acids is 2. The maximum Gasteiger partial charge on any atom is 0.331 e. The number of rotatable bonds is 5. The molecule has 2 aliphatic heterocycles. The van der Waals surface area contributed by atoms with Crippen LogP contribution in [0.1, 0.15) is 12.0 Å². The van der Waals surface area contributed by atoms with Gasteiger partial charge in [0.05, 0.1) is 13.2 Å². The number of ether oxygens (including phenoxy) is 5. The lowest BCUT2D eigenvalue weighted by Crippen LogP contribution is -2.20. The van der Waals surface area contributed by atoms with Crippen LogP contribution >= 0.6 is 0 Å². The van der Waals surface area contributed by atoms with E-state index in [2.05, 4.69) is 5.32 Å². The summed E-state index contributed by atoms with van der Waals surface area (Å²) in [6.07, 6.45) is 3.64. The maximum atomic E-state index is 12.1. The fourth-order valence-electron chi connectivity index (χ4n) is 2.95. The Morgan fingerprint density at radius 2 is 1.53 bits per heavy atom. The average molecular weight is 411 g/mol. The summed E-state index contributed by atoms with van der Waals surface area (Å²) in [6, 6.07) is 10.5. The quantitative estimate of drug-likeness (QED) is 0.597. The predicted molar refractivity (Wildman–Crippen MR) is 108 cm³/mol. The lowest BCUT2D eigenvalue weighted by atomic mass is 10.2. The van der Waals surface area contributed by atoms with E-state index in [0.717, 1.165) is 12.0 Å².